The van der Waals surface area contributed by atoms with Crippen LogP contribution < -0.4 is 10.2 Å². The number of benzene rings is 2. The number of ether oxygens (including phenoxy) is 3. The third-order valence-corrected chi connectivity index (χ3v) is 5.55. The van der Waals surface area contributed by atoms with Gasteiger partial charge >= 0.3 is 12.1 Å². The number of aromatic nitrogens is 2. The van der Waals surface area contributed by atoms with Gasteiger partial charge in [0.2, 0.25) is 11.8 Å². The molecule has 13 heteroatoms. The number of imidazole rings is 1. The highest BCUT2D eigenvalue weighted by Crippen LogP contribution is 2.32. The predicted octanol–water partition coefficient (Wildman–Crippen LogP) is 3.55. The topological polar surface area (TPSA) is 140 Å². The average molecular weight is 547 g/mol. The maximum atomic E-state index is 15.1. The minimum absolute atomic E-state index is 0.00390. The fourth-order valence-corrected chi connectivity index (χ4v) is 3.76. The molecule has 0 aliphatic carbocycles. The Hall–Kier alpha value is -4.55. The van der Waals surface area contributed by atoms with Gasteiger partial charge in [-0.3, -0.25) is 19.3 Å². The van der Waals surface area contributed by atoms with Crippen LogP contribution in [0.1, 0.15) is 38.8 Å². The molecule has 1 aromatic heterocycles. The maximum absolute atomic E-state index is 15.1. The molecule has 0 fully saturated rings. The summed E-state index contributed by atoms with van der Waals surface area (Å²) in [4.78, 5) is 58.8. The monoisotopic (exact) mass is 546 g/mol. The molecule has 2 amide bonds. The molecule has 1 unspecified atom stereocenters. The molecule has 0 radical (unpaired) electrons. The van der Waals surface area contributed by atoms with Gasteiger partial charge in [-0.2, -0.15) is 0 Å². The number of carbonyl (C=O) groups is 4. The summed E-state index contributed by atoms with van der Waals surface area (Å²) in [6, 6.07) is 5.90. The van der Waals surface area contributed by atoms with Crippen molar-refractivity contribution in [3.8, 4) is 0 Å². The number of anilines is 1. The Bertz CT molecular complexity index is 1380. The van der Waals surface area contributed by atoms with E-state index in [4.69, 9.17) is 9.47 Å². The molecule has 0 aliphatic rings. The quantitative estimate of drug-likeness (QED) is 0.291. The van der Waals surface area contributed by atoms with E-state index in [1.165, 1.54) is 38.4 Å². The molecule has 0 aliphatic heterocycles. The Labute approximate surface area is 222 Å². The van der Waals surface area contributed by atoms with Gasteiger partial charge in [0.1, 0.15) is 18.1 Å². The molecule has 39 heavy (non-hydrogen) atoms. The molecule has 3 rings (SSSR count). The second-order valence-corrected chi connectivity index (χ2v) is 8.93. The van der Waals surface area contributed by atoms with Crippen LogP contribution in [0.3, 0.4) is 0 Å². The first-order valence-corrected chi connectivity index (χ1v) is 11.9. The molecule has 0 saturated carbocycles. The molecule has 0 spiro atoms. The number of H-pyrrole nitrogens is 1. The third-order valence-electron chi connectivity index (χ3n) is 5.55. The van der Waals surface area contributed by atoms with Crippen LogP contribution in [0, 0.1) is 11.6 Å². The van der Waals surface area contributed by atoms with Gasteiger partial charge in [0, 0.05) is 11.3 Å². The fraction of sp³-hybridized carbons (Fsp3) is 0.346. The number of esters is 1. The lowest BCUT2D eigenvalue weighted by Crippen LogP contribution is -2.49. The number of rotatable bonds is 10. The fourth-order valence-electron chi connectivity index (χ4n) is 3.76. The van der Waals surface area contributed by atoms with Crippen molar-refractivity contribution >= 4 is 40.7 Å². The van der Waals surface area contributed by atoms with Crippen molar-refractivity contribution in [1.82, 2.24) is 15.3 Å². The van der Waals surface area contributed by atoms with Gasteiger partial charge in [0.05, 0.1) is 37.6 Å². The summed E-state index contributed by atoms with van der Waals surface area (Å²) in [5.41, 5.74) is -0.636. The molecule has 2 aromatic carbocycles. The van der Waals surface area contributed by atoms with Crippen molar-refractivity contribution in [2.75, 3.05) is 25.2 Å². The van der Waals surface area contributed by atoms with Gasteiger partial charge in [0.15, 0.2) is 11.6 Å². The highest BCUT2D eigenvalue weighted by Gasteiger charge is 2.37. The van der Waals surface area contributed by atoms with Crippen molar-refractivity contribution < 1.29 is 42.2 Å². The van der Waals surface area contributed by atoms with Gasteiger partial charge in [0.25, 0.3) is 0 Å². The first kappa shape index (κ1) is 29.0. The number of nitrogens with one attached hydrogen (secondary N) is 2. The van der Waals surface area contributed by atoms with Gasteiger partial charge in [-0.15, -0.1) is 0 Å². The number of halogens is 2. The number of hydrogen-bond acceptors (Lipinski definition) is 8. The summed E-state index contributed by atoms with van der Waals surface area (Å²) in [6.45, 7) is 4.25. The Balaban J connectivity index is 2.11. The number of aromatic amines is 1. The minimum Gasteiger partial charge on any atom is -0.466 e. The van der Waals surface area contributed by atoms with E-state index in [1.54, 1.807) is 13.0 Å². The summed E-state index contributed by atoms with van der Waals surface area (Å²) in [5.74, 6) is -5.34. The molecule has 0 saturated heterocycles. The van der Waals surface area contributed by atoms with E-state index in [0.29, 0.717) is 11.0 Å². The van der Waals surface area contributed by atoms with E-state index < -0.39 is 59.2 Å². The molecular formula is C26H28F2N4O7. The van der Waals surface area contributed by atoms with Crippen molar-refractivity contribution in [3.63, 3.8) is 0 Å². The van der Waals surface area contributed by atoms with E-state index >= 15 is 4.39 Å². The van der Waals surface area contributed by atoms with E-state index in [1.807, 2.05) is 0 Å². The Kier molecular flexibility index (Phi) is 9.17. The Morgan fingerprint density at radius 3 is 2.59 bits per heavy atom. The average Bonchev–Trinajstić information content (AvgIpc) is 3.35. The lowest BCUT2D eigenvalue weighted by atomic mass is 10.0. The van der Waals surface area contributed by atoms with Gasteiger partial charge in [-0.05, 0) is 45.0 Å². The van der Waals surface area contributed by atoms with Crippen molar-refractivity contribution in [2.45, 2.75) is 38.8 Å². The standard InChI is InChI=1S/C26H28F2N4O7/c1-5-38-21(34)12-20(33)32(15-9-10-18-19(11-15)31-14-30-18)23(16-7-6-8-17(27)22(16)28)24(35)29-13-26(2,3)39-25(36)37-4/h6-11,14,23H,5,12-13H2,1-4H3,(H,29,35)(H,30,31). The molecule has 208 valence electrons. The Morgan fingerprint density at radius 2 is 1.90 bits per heavy atom. The number of carbonyl (C=O) groups excluding carboxylic acids is 4. The number of methoxy groups -OCH3 is 1. The number of hydrogen-bond donors (Lipinski definition) is 2. The summed E-state index contributed by atoms with van der Waals surface area (Å²) < 4.78 is 44.0. The summed E-state index contributed by atoms with van der Waals surface area (Å²) in [6.07, 6.45) is -0.368. The zero-order chi connectivity index (χ0) is 28.7. The van der Waals surface area contributed by atoms with Crippen LogP contribution in [0.5, 0.6) is 0 Å². The summed E-state index contributed by atoms with van der Waals surface area (Å²) >= 11 is 0. The second kappa shape index (κ2) is 12.3. The zero-order valence-electron chi connectivity index (χ0n) is 21.7. The largest absolute Gasteiger partial charge is 0.508 e. The molecule has 3 aromatic rings. The maximum Gasteiger partial charge on any atom is 0.508 e. The number of fused-ring (bicyclic) bond motifs is 1. The van der Waals surface area contributed by atoms with E-state index in [0.717, 1.165) is 24.1 Å². The van der Waals surface area contributed by atoms with Crippen LogP contribution in [0.2, 0.25) is 0 Å². The van der Waals surface area contributed by atoms with Crippen molar-refractivity contribution in [1.29, 1.82) is 0 Å². The highest BCUT2D eigenvalue weighted by atomic mass is 19.2. The SMILES string of the molecule is CCOC(=O)CC(=O)N(c1ccc2nc[nH]c2c1)C(C(=O)NCC(C)(C)OC(=O)OC)c1cccc(F)c1F. The minimum atomic E-state index is -1.78. The summed E-state index contributed by atoms with van der Waals surface area (Å²) in [5, 5.41) is 2.52. The molecule has 11 nitrogen and oxygen atoms in total. The van der Waals surface area contributed by atoms with Crippen molar-refractivity contribution in [2.24, 2.45) is 0 Å². The predicted molar refractivity (Wildman–Crippen MR) is 135 cm³/mol. The molecule has 1 atom stereocenters. The van der Waals surface area contributed by atoms with Gasteiger partial charge < -0.3 is 24.5 Å². The summed E-state index contributed by atoms with van der Waals surface area (Å²) in [7, 11) is 1.11. The van der Waals surface area contributed by atoms with Crippen LogP contribution in [0.15, 0.2) is 42.7 Å². The Morgan fingerprint density at radius 1 is 1.15 bits per heavy atom. The van der Waals surface area contributed by atoms with E-state index in [9.17, 15) is 23.6 Å². The lowest BCUT2D eigenvalue weighted by Gasteiger charge is -2.33. The highest BCUT2D eigenvalue weighted by molar-refractivity contribution is 6.08. The normalized spacial score (nSPS) is 11.9. The number of amides is 2. The van der Waals surface area contributed by atoms with Gasteiger partial charge in [-0.25, -0.2) is 18.6 Å². The van der Waals surface area contributed by atoms with Crippen LogP contribution in [-0.4, -0.2) is 59.8 Å². The molecule has 0 bridgehead atoms. The molecular weight excluding hydrogens is 518 g/mol. The van der Waals surface area contributed by atoms with Crippen LogP contribution >= 0.6 is 0 Å². The molecule has 1 heterocycles. The first-order chi connectivity index (χ1) is 18.5. The van der Waals surface area contributed by atoms with E-state index in [-0.39, 0.29) is 18.8 Å². The van der Waals surface area contributed by atoms with Crippen LogP contribution in [0.25, 0.3) is 11.0 Å². The smallest absolute Gasteiger partial charge is 0.466 e. The first-order valence-electron chi connectivity index (χ1n) is 11.9. The second-order valence-electron chi connectivity index (χ2n) is 8.93. The lowest BCUT2D eigenvalue weighted by molar-refractivity contribution is -0.146. The third kappa shape index (κ3) is 7.06. The van der Waals surface area contributed by atoms with Crippen molar-refractivity contribution in [3.05, 3.63) is 59.9 Å². The number of nitrogens with zero attached hydrogens (tertiary/aromatic N) is 2. The molecule has 2 N–H and O–H groups in total. The zero-order valence-corrected chi connectivity index (χ0v) is 21.7. The van der Waals surface area contributed by atoms with Gasteiger partial charge in [-0.1, -0.05) is 12.1 Å². The van der Waals surface area contributed by atoms with Crippen LogP contribution in [-0.2, 0) is 28.6 Å². The van der Waals surface area contributed by atoms with E-state index in [2.05, 4.69) is 20.0 Å². The van der Waals surface area contributed by atoms with Crippen LogP contribution in [0.4, 0.5) is 19.3 Å².